The number of allylic oxidation sites excluding steroid dienone is 4. The Morgan fingerprint density at radius 2 is 1.69 bits per heavy atom. The first-order chi connectivity index (χ1) is 11.1. The number of benzene rings is 1. The third-order valence-corrected chi connectivity index (χ3v) is 4.79. The van der Waals surface area contributed by atoms with Crippen LogP contribution in [0.1, 0.15) is 66.4 Å². The molecule has 0 unspecified atom stereocenters. The zero-order chi connectivity index (χ0) is 18.8. The molecule has 0 bridgehead atoms. The number of aromatic hydroxyl groups is 1. The van der Waals surface area contributed by atoms with E-state index in [0.717, 1.165) is 12.0 Å². The van der Waals surface area contributed by atoms with E-state index in [2.05, 4.69) is 79.7 Å². The molecule has 1 aromatic carbocycles. The van der Waals surface area contributed by atoms with Crippen LogP contribution in [0.2, 0.25) is 5.02 Å². The molecule has 2 rings (SSSR count). The first kappa shape index (κ1) is 30.7. The number of hydrogen-bond acceptors (Lipinski definition) is 1. The summed E-state index contributed by atoms with van der Waals surface area (Å²) in [5.41, 5.74) is 2.35. The molecule has 0 aromatic heterocycles. The van der Waals surface area contributed by atoms with E-state index in [4.69, 9.17) is 11.6 Å². The van der Waals surface area contributed by atoms with Gasteiger partial charge < -0.3 is 5.11 Å². The fourth-order valence-electron chi connectivity index (χ4n) is 1.77. The van der Waals surface area contributed by atoms with Crippen LogP contribution in [0.5, 0.6) is 5.75 Å². The smallest absolute Gasteiger partial charge is 0.147 e. The van der Waals surface area contributed by atoms with Crippen LogP contribution in [0.3, 0.4) is 0 Å². The summed E-state index contributed by atoms with van der Waals surface area (Å²) in [6.07, 6.45) is 10.8. The molecule has 0 amide bonds. The minimum atomic E-state index is 0. The van der Waals surface area contributed by atoms with E-state index in [9.17, 15) is 5.11 Å². The predicted octanol–water partition coefficient (Wildman–Crippen LogP) is 7.41. The molecule has 0 fully saturated rings. The molecule has 0 radical (unpaired) electrons. The summed E-state index contributed by atoms with van der Waals surface area (Å²) in [6, 6.07) is 5.16. The molecule has 1 N–H and O–H groups in total. The number of halogens is 3. The van der Waals surface area contributed by atoms with Crippen LogP contribution >= 0.6 is 36.4 Å². The van der Waals surface area contributed by atoms with Gasteiger partial charge in [-0.3, -0.25) is 6.08 Å². The number of phenols is 1. The first-order valence-corrected chi connectivity index (χ1v) is 9.56. The summed E-state index contributed by atoms with van der Waals surface area (Å²) in [6.45, 7) is 12.7. The van der Waals surface area contributed by atoms with E-state index in [1.54, 1.807) is 9.88 Å². The molecule has 147 valence electrons. The van der Waals surface area contributed by atoms with Crippen molar-refractivity contribution in [2.45, 2.75) is 66.2 Å². The van der Waals surface area contributed by atoms with Crippen LogP contribution in [-0.4, -0.2) is 8.92 Å². The molecule has 0 aliphatic heterocycles. The van der Waals surface area contributed by atoms with E-state index in [1.165, 1.54) is 24.5 Å². The molecule has 0 spiro atoms. The van der Waals surface area contributed by atoms with Gasteiger partial charge in [0.2, 0.25) is 0 Å². The topological polar surface area (TPSA) is 20.2 Å². The van der Waals surface area contributed by atoms with Crippen molar-refractivity contribution in [3.63, 3.8) is 0 Å². The molecular formula is C21H32Cl3OTi. The van der Waals surface area contributed by atoms with Crippen molar-refractivity contribution >= 4 is 40.2 Å². The Morgan fingerprint density at radius 1 is 1.15 bits per heavy atom. The summed E-state index contributed by atoms with van der Waals surface area (Å²) >= 11 is 7.99. The number of rotatable bonds is 2. The monoisotopic (exact) mass is 453 g/mol. The SMILES string of the molecule is CC(C)(C)c1cc(O)cc(Cl)c1.CC1=[C-]CC=C1.CC[C](=[Ti+])CC.Cl.Cl. The van der Waals surface area contributed by atoms with Gasteiger partial charge in [0.15, 0.2) is 0 Å². The molecule has 1 nitrogen and oxygen atoms in total. The Morgan fingerprint density at radius 3 is 1.92 bits per heavy atom. The van der Waals surface area contributed by atoms with Crippen LogP contribution in [-0.2, 0) is 25.4 Å². The molecule has 1 aromatic rings. The van der Waals surface area contributed by atoms with Gasteiger partial charge in [-0.25, -0.2) is 11.6 Å². The molecule has 5 heteroatoms. The third kappa shape index (κ3) is 15.1. The average Bonchev–Trinajstić information content (AvgIpc) is 2.97. The Labute approximate surface area is 189 Å². The van der Waals surface area contributed by atoms with Gasteiger partial charge in [-0.15, -0.1) is 31.2 Å². The maximum Gasteiger partial charge on any atom is -0.147 e. The van der Waals surface area contributed by atoms with Crippen molar-refractivity contribution in [1.29, 1.82) is 0 Å². The van der Waals surface area contributed by atoms with Crippen LogP contribution < -0.4 is 0 Å². The molecular weight excluding hydrogens is 422 g/mol. The van der Waals surface area contributed by atoms with Crippen molar-refractivity contribution in [2.75, 3.05) is 0 Å². The summed E-state index contributed by atoms with van der Waals surface area (Å²) < 4.78 is 1.59. The van der Waals surface area contributed by atoms with Crippen LogP contribution in [0.25, 0.3) is 0 Å². The molecule has 1 aliphatic rings. The first-order valence-electron chi connectivity index (χ1n) is 8.40. The van der Waals surface area contributed by atoms with E-state index in [1.807, 2.05) is 6.07 Å². The third-order valence-electron chi connectivity index (χ3n) is 3.47. The van der Waals surface area contributed by atoms with Gasteiger partial charge in [0.1, 0.15) is 5.75 Å². The normalized spacial score (nSPS) is 11.7. The molecule has 0 saturated heterocycles. The Hall–Kier alpha value is -0.0457. The maximum absolute atomic E-state index is 9.27. The summed E-state index contributed by atoms with van der Waals surface area (Å²) in [5, 5.41) is 9.86. The van der Waals surface area contributed by atoms with Crippen molar-refractivity contribution < 1.29 is 25.1 Å². The quantitative estimate of drug-likeness (QED) is 0.364. The van der Waals surface area contributed by atoms with Crippen LogP contribution in [0.15, 0.2) is 35.9 Å². The fourth-order valence-corrected chi connectivity index (χ4v) is 2.00. The summed E-state index contributed by atoms with van der Waals surface area (Å²) in [7, 11) is 0. The van der Waals surface area contributed by atoms with Gasteiger partial charge in [0.05, 0.1) is 0 Å². The molecule has 0 heterocycles. The molecule has 0 atom stereocenters. The van der Waals surface area contributed by atoms with Crippen LogP contribution in [0.4, 0.5) is 0 Å². The second-order valence-corrected chi connectivity index (χ2v) is 8.27. The van der Waals surface area contributed by atoms with E-state index < -0.39 is 0 Å². The minimum absolute atomic E-state index is 0. The van der Waals surface area contributed by atoms with Crippen LogP contribution in [0, 0.1) is 6.08 Å². The van der Waals surface area contributed by atoms with E-state index >= 15 is 0 Å². The number of phenolic OH excluding ortho intramolecular Hbond substituents is 1. The zero-order valence-electron chi connectivity index (χ0n) is 16.6. The average molecular weight is 455 g/mol. The molecule has 1 aliphatic carbocycles. The van der Waals surface area contributed by atoms with Gasteiger partial charge in [-0.2, -0.15) is 6.08 Å². The van der Waals surface area contributed by atoms with E-state index in [0.29, 0.717) is 5.02 Å². The summed E-state index contributed by atoms with van der Waals surface area (Å²) in [4.78, 5) is 0. The molecule has 26 heavy (non-hydrogen) atoms. The second kappa shape index (κ2) is 16.0. The Balaban J connectivity index is -0.000000324. The molecule has 0 saturated carbocycles. The summed E-state index contributed by atoms with van der Waals surface area (Å²) in [5.74, 6) is 0.229. The fraction of sp³-hybridized carbons (Fsp3) is 0.476. The standard InChI is InChI=1S/C10H13ClO.C6H7.C5H10.2ClH.Ti/c1-10(2,3)7-4-8(11)6-9(12)5-7;1-6-4-2-3-5-6;1-3-5-4-2;;;/h4-6,12H,1-3H3;2,4H,3H2,1H3;3-4H2,1-2H3;2*1H;/q;-1;;;;+1. The van der Waals surface area contributed by atoms with Gasteiger partial charge >= 0.3 is 50.5 Å². The van der Waals surface area contributed by atoms with Gasteiger partial charge in [0, 0.05) is 5.02 Å². The van der Waals surface area contributed by atoms with Crippen molar-refractivity contribution in [3.05, 3.63) is 52.6 Å². The Kier molecular flexibility index (Phi) is 18.8. The Bertz CT molecular complexity index is 558. The van der Waals surface area contributed by atoms with Crippen molar-refractivity contribution in [3.8, 4) is 5.75 Å². The van der Waals surface area contributed by atoms with Gasteiger partial charge in [-0.1, -0.05) is 39.3 Å². The van der Waals surface area contributed by atoms with Crippen molar-refractivity contribution in [2.24, 2.45) is 0 Å². The minimum Gasteiger partial charge on any atom is -0.147 e. The second-order valence-electron chi connectivity index (χ2n) is 6.73. The van der Waals surface area contributed by atoms with E-state index in [-0.39, 0.29) is 36.0 Å². The van der Waals surface area contributed by atoms with Crippen molar-refractivity contribution in [1.82, 2.24) is 0 Å². The zero-order valence-corrected chi connectivity index (χ0v) is 20.6. The number of hydrogen-bond donors (Lipinski definition) is 1. The van der Waals surface area contributed by atoms with Gasteiger partial charge in [0.25, 0.3) is 0 Å². The predicted molar refractivity (Wildman–Crippen MR) is 118 cm³/mol. The van der Waals surface area contributed by atoms with Gasteiger partial charge in [-0.05, 0) is 29.2 Å². The maximum atomic E-state index is 9.27. The largest absolute Gasteiger partial charge is 0.147 e.